The van der Waals surface area contributed by atoms with E-state index in [0.717, 1.165) is 0 Å². The number of rotatable bonds is 7. The molecule has 0 aliphatic heterocycles. The van der Waals surface area contributed by atoms with Crippen molar-refractivity contribution in [1.29, 1.82) is 0 Å². The van der Waals surface area contributed by atoms with Crippen molar-refractivity contribution in [2.45, 2.75) is 19.9 Å². The van der Waals surface area contributed by atoms with E-state index in [0.29, 0.717) is 12.2 Å². The van der Waals surface area contributed by atoms with Gasteiger partial charge in [0.1, 0.15) is 0 Å². The average molecular weight is 287 g/mol. The molecule has 0 saturated carbocycles. The molecule has 19 heavy (non-hydrogen) atoms. The second-order valence-electron chi connectivity index (χ2n) is 4.33. The van der Waals surface area contributed by atoms with Gasteiger partial charge in [0, 0.05) is 30.4 Å². The first-order valence-corrected chi connectivity index (χ1v) is 7.44. The van der Waals surface area contributed by atoms with E-state index in [-0.39, 0.29) is 17.5 Å². The molecule has 0 heterocycles. The van der Waals surface area contributed by atoms with E-state index in [2.05, 4.69) is 10.0 Å². The third-order valence-electron chi connectivity index (χ3n) is 2.27. The number of hydrogen-bond acceptors (Lipinski definition) is 5. The highest BCUT2D eigenvalue weighted by atomic mass is 32.2. The number of sulfonamides is 1. The Labute approximate surface area is 112 Å². The Hall–Kier alpha value is -1.67. The van der Waals surface area contributed by atoms with E-state index in [4.69, 9.17) is 0 Å². The zero-order chi connectivity index (χ0) is 14.5. The van der Waals surface area contributed by atoms with E-state index < -0.39 is 14.9 Å². The van der Waals surface area contributed by atoms with Gasteiger partial charge in [-0.15, -0.1) is 0 Å². The highest BCUT2D eigenvalue weighted by Gasteiger charge is 2.11. The Bertz CT molecular complexity index is 525. The van der Waals surface area contributed by atoms with Gasteiger partial charge in [-0.2, -0.15) is 0 Å². The summed E-state index contributed by atoms with van der Waals surface area (Å²) in [5, 5.41) is 13.5. The Balaban J connectivity index is 2.60. The molecule has 2 N–H and O–H groups in total. The molecule has 1 rings (SSSR count). The van der Waals surface area contributed by atoms with E-state index in [9.17, 15) is 18.5 Å². The van der Waals surface area contributed by atoms with Crippen molar-refractivity contribution in [2.75, 3.05) is 17.0 Å². The average Bonchev–Trinajstić information content (AvgIpc) is 2.28. The van der Waals surface area contributed by atoms with Gasteiger partial charge in [-0.3, -0.25) is 14.8 Å². The molecule has 0 aromatic heterocycles. The predicted octanol–water partition coefficient (Wildman–Crippen LogP) is 1.33. The van der Waals surface area contributed by atoms with Crippen molar-refractivity contribution in [3.05, 3.63) is 34.4 Å². The molecule has 0 spiro atoms. The summed E-state index contributed by atoms with van der Waals surface area (Å²) in [6, 6.07) is 5.46. The topological polar surface area (TPSA) is 101 Å². The zero-order valence-corrected chi connectivity index (χ0v) is 11.6. The first-order valence-electron chi connectivity index (χ1n) is 5.78. The molecule has 1 aromatic carbocycles. The van der Waals surface area contributed by atoms with E-state index in [1.807, 2.05) is 13.8 Å². The number of nitro groups is 1. The summed E-state index contributed by atoms with van der Waals surface area (Å²) in [6.07, 6.45) is 0. The third kappa shape index (κ3) is 5.66. The van der Waals surface area contributed by atoms with Crippen LogP contribution in [0.1, 0.15) is 13.8 Å². The molecule has 0 saturated heterocycles. The lowest BCUT2D eigenvalue weighted by Gasteiger charge is -2.10. The molecule has 0 aliphatic carbocycles. The molecule has 1 aromatic rings. The Kier molecular flexibility index (Phi) is 5.25. The zero-order valence-electron chi connectivity index (χ0n) is 10.8. The molecule has 0 bridgehead atoms. The van der Waals surface area contributed by atoms with Gasteiger partial charge in [-0.25, -0.2) is 8.42 Å². The second-order valence-corrected chi connectivity index (χ2v) is 6.18. The molecule has 7 nitrogen and oxygen atoms in total. The number of non-ortho nitro benzene ring substituents is 1. The van der Waals surface area contributed by atoms with Crippen LogP contribution in [0.15, 0.2) is 24.3 Å². The summed E-state index contributed by atoms with van der Waals surface area (Å²) in [4.78, 5) is 9.92. The highest BCUT2D eigenvalue weighted by Crippen LogP contribution is 2.16. The fourth-order valence-corrected chi connectivity index (χ4v) is 2.35. The summed E-state index contributed by atoms with van der Waals surface area (Å²) >= 11 is 0. The maximum Gasteiger partial charge on any atom is 0.269 e. The smallest absolute Gasteiger partial charge is 0.269 e. The summed E-state index contributed by atoms with van der Waals surface area (Å²) in [7, 11) is -3.45. The van der Waals surface area contributed by atoms with Crippen molar-refractivity contribution in [3.63, 3.8) is 0 Å². The Morgan fingerprint density at radius 1 is 1.26 bits per heavy atom. The summed E-state index contributed by atoms with van der Waals surface area (Å²) < 4.78 is 25.8. The molecule has 8 heteroatoms. The molecule has 0 amide bonds. The van der Waals surface area contributed by atoms with Gasteiger partial charge in [0.25, 0.3) is 5.69 Å². The van der Waals surface area contributed by atoms with Gasteiger partial charge in [-0.1, -0.05) is 13.8 Å². The maximum atomic E-state index is 11.7. The molecule has 0 aliphatic rings. The number of nitrogens with one attached hydrogen (secondary N) is 2. The minimum absolute atomic E-state index is 0.0534. The van der Waals surface area contributed by atoms with Crippen LogP contribution in [0.5, 0.6) is 0 Å². The van der Waals surface area contributed by atoms with Gasteiger partial charge < -0.3 is 5.32 Å². The number of nitro benzene ring substituents is 1. The van der Waals surface area contributed by atoms with E-state index in [1.165, 1.54) is 24.3 Å². The van der Waals surface area contributed by atoms with Gasteiger partial charge >= 0.3 is 0 Å². The van der Waals surface area contributed by atoms with Crippen molar-refractivity contribution >= 4 is 21.4 Å². The van der Waals surface area contributed by atoms with Crippen molar-refractivity contribution in [2.24, 2.45) is 0 Å². The molecule has 0 radical (unpaired) electrons. The van der Waals surface area contributed by atoms with Crippen LogP contribution in [0.25, 0.3) is 0 Å². The van der Waals surface area contributed by atoms with Crippen LogP contribution in [-0.2, 0) is 10.0 Å². The Morgan fingerprint density at radius 2 is 1.84 bits per heavy atom. The largest absolute Gasteiger partial charge is 0.313 e. The molecular weight excluding hydrogens is 270 g/mol. The SMILES string of the molecule is CC(C)NCCS(=O)(=O)Nc1ccc([N+](=O)[O-])cc1. The Morgan fingerprint density at radius 3 is 2.32 bits per heavy atom. The number of benzene rings is 1. The fraction of sp³-hybridized carbons (Fsp3) is 0.455. The summed E-state index contributed by atoms with van der Waals surface area (Å²) in [5.41, 5.74) is 0.236. The minimum atomic E-state index is -3.45. The number of hydrogen-bond donors (Lipinski definition) is 2. The lowest BCUT2D eigenvalue weighted by atomic mass is 10.3. The maximum absolute atomic E-state index is 11.7. The van der Waals surface area contributed by atoms with Crippen LogP contribution in [0, 0.1) is 10.1 Å². The van der Waals surface area contributed by atoms with Crippen LogP contribution in [0.2, 0.25) is 0 Å². The second kappa shape index (κ2) is 6.48. The van der Waals surface area contributed by atoms with Crippen LogP contribution >= 0.6 is 0 Å². The lowest BCUT2D eigenvalue weighted by molar-refractivity contribution is -0.384. The minimum Gasteiger partial charge on any atom is -0.313 e. The van der Waals surface area contributed by atoms with Gasteiger partial charge in [0.2, 0.25) is 10.0 Å². The number of anilines is 1. The van der Waals surface area contributed by atoms with Gasteiger partial charge in [0.15, 0.2) is 0 Å². The molecule has 0 fully saturated rings. The lowest BCUT2D eigenvalue weighted by Crippen LogP contribution is -2.30. The van der Waals surface area contributed by atoms with Gasteiger partial charge in [0.05, 0.1) is 10.7 Å². The van der Waals surface area contributed by atoms with E-state index >= 15 is 0 Å². The summed E-state index contributed by atoms with van der Waals surface area (Å²) in [5.74, 6) is -0.0534. The standard InChI is InChI=1S/C11H17N3O4S/c1-9(2)12-7-8-19(17,18)13-10-3-5-11(6-4-10)14(15)16/h3-6,9,12-13H,7-8H2,1-2H3. The fourth-order valence-electron chi connectivity index (χ4n) is 1.36. The van der Waals surface area contributed by atoms with E-state index in [1.54, 1.807) is 0 Å². The highest BCUT2D eigenvalue weighted by molar-refractivity contribution is 7.92. The van der Waals surface area contributed by atoms with Gasteiger partial charge in [-0.05, 0) is 12.1 Å². The molecule has 106 valence electrons. The van der Waals surface area contributed by atoms with Crippen LogP contribution < -0.4 is 10.0 Å². The summed E-state index contributed by atoms with van der Waals surface area (Å²) in [6.45, 7) is 4.20. The van der Waals surface area contributed by atoms with Crippen molar-refractivity contribution < 1.29 is 13.3 Å². The third-order valence-corrected chi connectivity index (χ3v) is 3.56. The first kappa shape index (κ1) is 15.4. The van der Waals surface area contributed by atoms with Crippen molar-refractivity contribution in [3.8, 4) is 0 Å². The molecular formula is C11H17N3O4S. The van der Waals surface area contributed by atoms with Crippen LogP contribution in [0.3, 0.4) is 0 Å². The van der Waals surface area contributed by atoms with Crippen LogP contribution in [0.4, 0.5) is 11.4 Å². The van der Waals surface area contributed by atoms with Crippen LogP contribution in [-0.4, -0.2) is 31.7 Å². The molecule has 0 unspecified atom stereocenters. The number of nitrogens with zero attached hydrogens (tertiary/aromatic N) is 1. The predicted molar refractivity (Wildman–Crippen MR) is 73.6 cm³/mol. The quantitative estimate of drug-likeness (QED) is 0.582. The first-order chi connectivity index (χ1) is 8.80. The normalized spacial score (nSPS) is 11.5. The van der Waals surface area contributed by atoms with Crippen molar-refractivity contribution in [1.82, 2.24) is 5.32 Å². The molecule has 0 atom stereocenters. The monoisotopic (exact) mass is 287 g/mol.